The van der Waals surface area contributed by atoms with E-state index in [4.69, 9.17) is 9.79 Å². The molecule has 0 radical (unpaired) electrons. The van der Waals surface area contributed by atoms with Crippen LogP contribution in [0.3, 0.4) is 0 Å². The largest absolute Gasteiger partial charge is 1.00 e. The van der Waals surface area contributed by atoms with Crippen LogP contribution >= 0.6 is 7.60 Å². The fourth-order valence-corrected chi connectivity index (χ4v) is 0. The van der Waals surface area contributed by atoms with Crippen LogP contribution in [0, 0.1) is 0 Å². The summed E-state index contributed by atoms with van der Waals surface area (Å²) in [5.41, 5.74) is 0. The molecule has 0 atom stereocenters. The molecule has 0 aromatic rings. The molecule has 0 aromatic carbocycles. The summed E-state index contributed by atoms with van der Waals surface area (Å²) in [6.45, 7) is 4.52. The summed E-state index contributed by atoms with van der Waals surface area (Å²) in [6.07, 6.45) is 0. The van der Waals surface area contributed by atoms with Crippen LogP contribution in [0.1, 0.15) is 20.8 Å². The molecule has 0 bridgehead atoms. The molecule has 0 aliphatic carbocycles. The quantitative estimate of drug-likeness (QED) is 0.337. The van der Waals surface area contributed by atoms with Crippen LogP contribution in [0.5, 0.6) is 0 Å². The van der Waals surface area contributed by atoms with Crippen LogP contribution in [-0.2, 0) is 4.57 Å². The fraction of sp³-hybridized carbons (Fsp3) is 1.00. The molecular weight excluding hydrogens is 237 g/mol. The van der Waals surface area contributed by atoms with Crippen molar-refractivity contribution in [2.24, 2.45) is 0 Å². The average molecular weight is 248 g/mol. The Morgan fingerprint density at radius 2 is 1.14 bits per heavy atom. The van der Waals surface area contributed by atoms with Gasteiger partial charge < -0.3 is 27.0 Å². The van der Waals surface area contributed by atoms with Gasteiger partial charge in [0.05, 0.1) is 5.16 Å². The molecule has 3 nitrogen and oxygen atoms in total. The molecule has 0 spiro atoms. The van der Waals surface area contributed by atoms with Gasteiger partial charge in [0.15, 0.2) is 0 Å². The van der Waals surface area contributed by atoms with Crippen molar-refractivity contribution in [2.75, 3.05) is 0 Å². The maximum atomic E-state index is 10.3. The summed E-state index contributed by atoms with van der Waals surface area (Å²) in [6, 6.07) is 0. The van der Waals surface area contributed by atoms with E-state index in [1.165, 1.54) is 20.8 Å². The Labute approximate surface area is 102 Å². The van der Waals surface area contributed by atoms with Gasteiger partial charge in [0.2, 0.25) is 0 Å². The molecule has 0 unspecified atom stereocenters. The van der Waals surface area contributed by atoms with Crippen molar-refractivity contribution in [3.8, 4) is 0 Å². The molecule has 2 N–H and O–H groups in total. The van der Waals surface area contributed by atoms with E-state index in [0.717, 1.165) is 0 Å². The molecule has 0 heterocycles. The van der Waals surface area contributed by atoms with Crippen molar-refractivity contribution in [1.29, 1.82) is 0 Å². The van der Waals surface area contributed by atoms with E-state index in [0.29, 0.717) is 0 Å². The van der Waals surface area contributed by atoms with Gasteiger partial charge in [-0.3, -0.25) is 4.57 Å². The van der Waals surface area contributed by atoms with Crippen molar-refractivity contribution in [3.05, 3.63) is 0 Å². The summed E-state index contributed by atoms with van der Waals surface area (Å²) >= 11 is 0. The predicted molar refractivity (Wildman–Crippen MR) is 42.0 cm³/mol. The second kappa shape index (κ2) is 6.50. The predicted octanol–water partition coefficient (Wildman–Crippen LogP) is -0.733. The molecule has 0 amide bonds. The normalized spacial score (nSPS) is 12.4. The Bertz CT molecular complexity index is 192. The van der Waals surface area contributed by atoms with E-state index in [-0.39, 0.29) is 29.6 Å². The van der Waals surface area contributed by atoms with Gasteiger partial charge in [0, 0.05) is 0 Å². The third kappa shape index (κ3) is 18.7. The third-order valence-electron chi connectivity index (χ3n) is 0.874. The first-order valence-corrected chi connectivity index (χ1v) is 4.79. The first-order chi connectivity index (χ1) is 5.25. The summed E-state index contributed by atoms with van der Waals surface area (Å²) in [5.74, 6) is 0. The van der Waals surface area contributed by atoms with Crippen LogP contribution in [-0.4, -0.2) is 22.2 Å². The summed E-state index contributed by atoms with van der Waals surface area (Å²) in [7, 11) is -9.85. The number of halogens is 4. The van der Waals surface area contributed by atoms with Crippen molar-refractivity contribution in [2.45, 2.75) is 25.9 Å². The van der Waals surface area contributed by atoms with E-state index in [1.54, 1.807) is 0 Å². The van der Waals surface area contributed by atoms with Gasteiger partial charge in [-0.05, 0) is 20.8 Å². The van der Waals surface area contributed by atoms with Crippen molar-refractivity contribution in [3.63, 3.8) is 0 Å². The molecule has 10 heteroatoms. The van der Waals surface area contributed by atoms with Gasteiger partial charge in [-0.25, -0.2) is 0 Å². The molecule has 0 aliphatic heterocycles. The number of rotatable bonds is 0. The van der Waals surface area contributed by atoms with Gasteiger partial charge in [-0.2, -0.15) is 0 Å². The Morgan fingerprint density at radius 1 is 1.07 bits per heavy atom. The monoisotopic (exact) mass is 248 g/mol. The molecule has 0 aromatic heterocycles. The van der Waals surface area contributed by atoms with Crippen molar-refractivity contribution in [1.82, 2.24) is 0 Å². The zero-order valence-electron chi connectivity index (χ0n) is 8.34. The average Bonchev–Trinajstić information content (AvgIpc) is 1.50. The smallest absolute Gasteiger partial charge is 0.418 e. The van der Waals surface area contributed by atoms with Gasteiger partial charge in [0.1, 0.15) is 0 Å². The van der Waals surface area contributed by atoms with Crippen LogP contribution in [0.25, 0.3) is 0 Å². The van der Waals surface area contributed by atoms with E-state index >= 15 is 0 Å². The summed E-state index contributed by atoms with van der Waals surface area (Å²) in [4.78, 5) is 16.9. The van der Waals surface area contributed by atoms with Crippen molar-refractivity contribution < 1.29 is 61.2 Å². The van der Waals surface area contributed by atoms with Crippen LogP contribution in [0.4, 0.5) is 17.3 Å². The maximum absolute atomic E-state index is 10.3. The van der Waals surface area contributed by atoms with E-state index < -0.39 is 20.0 Å². The number of hydrogen-bond donors (Lipinski definition) is 2. The first kappa shape index (κ1) is 20.4. The van der Waals surface area contributed by atoms with Crippen LogP contribution in [0.2, 0.25) is 0 Å². The molecule has 0 rings (SSSR count). The van der Waals surface area contributed by atoms with Crippen molar-refractivity contribution >= 4 is 14.9 Å². The Hall–Kier alpha value is 0.935. The Balaban J connectivity index is -0.000000177. The standard InChI is InChI=1S/C4H11O3P.BF4.Na/c1-4(2,3)8(5,6)7;2-1(3,4)5;/h1-3H3,(H2,5,6,7);;/q;-1;+1. The number of hydrogen-bond acceptors (Lipinski definition) is 1. The molecule has 0 saturated carbocycles. The van der Waals surface area contributed by atoms with Crippen LogP contribution in [0.15, 0.2) is 0 Å². The van der Waals surface area contributed by atoms with E-state index in [2.05, 4.69) is 0 Å². The molecule has 0 aliphatic rings. The van der Waals surface area contributed by atoms with Gasteiger partial charge in [0.25, 0.3) is 0 Å². The van der Waals surface area contributed by atoms with Gasteiger partial charge in [-0.1, -0.05) is 0 Å². The molecule has 0 fully saturated rings. The Kier molecular flexibility index (Phi) is 9.46. The summed E-state index contributed by atoms with van der Waals surface area (Å²) in [5, 5.41) is -0.896. The third-order valence-corrected chi connectivity index (χ3v) is 2.62. The van der Waals surface area contributed by atoms with Gasteiger partial charge >= 0.3 is 44.4 Å². The SMILES string of the molecule is CC(C)(C)P(=O)(O)O.F[B-](F)(F)F.[Na+]. The summed E-state index contributed by atoms with van der Waals surface area (Å²) < 4.78 is 49.3. The molecular formula is C4H11BF4NaO3P. The van der Waals surface area contributed by atoms with Crippen LogP contribution < -0.4 is 29.6 Å². The van der Waals surface area contributed by atoms with Gasteiger partial charge in [-0.15, -0.1) is 0 Å². The van der Waals surface area contributed by atoms with E-state index in [9.17, 15) is 21.8 Å². The molecule has 14 heavy (non-hydrogen) atoms. The first-order valence-electron chi connectivity index (χ1n) is 3.18. The zero-order valence-corrected chi connectivity index (χ0v) is 11.2. The topological polar surface area (TPSA) is 57.5 Å². The minimum absolute atomic E-state index is 0. The fourth-order valence-electron chi connectivity index (χ4n) is 0. The second-order valence-corrected chi connectivity index (χ2v) is 5.64. The molecule has 82 valence electrons. The minimum Gasteiger partial charge on any atom is -0.418 e. The maximum Gasteiger partial charge on any atom is 1.00 e. The Morgan fingerprint density at radius 3 is 1.14 bits per heavy atom. The second-order valence-electron chi connectivity index (χ2n) is 3.21. The zero-order chi connectivity index (χ0) is 11.5. The minimum atomic E-state index is -6.00. The molecule has 0 saturated heterocycles. The van der Waals surface area contributed by atoms with E-state index in [1.807, 2.05) is 0 Å².